The summed E-state index contributed by atoms with van der Waals surface area (Å²) in [7, 11) is 0. The molecule has 9 nitrogen and oxygen atoms in total. The summed E-state index contributed by atoms with van der Waals surface area (Å²) in [4.78, 5) is 34.9. The number of carbonyl (C=O) groups is 1. The van der Waals surface area contributed by atoms with Gasteiger partial charge in [0, 0.05) is 23.4 Å². The minimum Gasteiger partial charge on any atom is -0.295 e. The summed E-state index contributed by atoms with van der Waals surface area (Å²) in [5.74, 6) is -0.543. The van der Waals surface area contributed by atoms with Gasteiger partial charge in [-0.1, -0.05) is 6.07 Å². The van der Waals surface area contributed by atoms with Crippen LogP contribution < -0.4 is 11.0 Å². The molecule has 3 aromatic rings. The Hall–Kier alpha value is -4.01. The van der Waals surface area contributed by atoms with Crippen LogP contribution in [-0.2, 0) is 0 Å². The number of hydrogen-bond acceptors (Lipinski definition) is 5. The van der Waals surface area contributed by atoms with Crippen molar-refractivity contribution < 1.29 is 9.72 Å². The van der Waals surface area contributed by atoms with E-state index in [1.807, 2.05) is 32.0 Å². The van der Waals surface area contributed by atoms with Gasteiger partial charge in [-0.05, 0) is 56.2 Å². The minimum absolute atomic E-state index is 0.111. The van der Waals surface area contributed by atoms with E-state index < -0.39 is 10.8 Å². The molecule has 0 fully saturated rings. The lowest BCUT2D eigenvalue weighted by molar-refractivity contribution is -0.384. The predicted octanol–water partition coefficient (Wildman–Crippen LogP) is 2.76. The summed E-state index contributed by atoms with van der Waals surface area (Å²) in [5.41, 5.74) is 5.93. The van der Waals surface area contributed by atoms with Crippen LogP contribution in [0.25, 0.3) is 5.69 Å². The molecule has 1 aromatic heterocycles. The van der Waals surface area contributed by atoms with Gasteiger partial charge in [0.05, 0.1) is 22.4 Å². The third kappa shape index (κ3) is 4.13. The molecular formula is C20H19N5O4. The molecule has 0 spiro atoms. The SMILES string of the molecule is Cc1ccc(-n2[nH]c(C)c(/C=N/NC(=O)c3ccc([N+](=O)[O-])cc3)c2=O)cc1C. The van der Waals surface area contributed by atoms with Crippen LogP contribution in [0.4, 0.5) is 5.69 Å². The predicted molar refractivity (Wildman–Crippen MR) is 109 cm³/mol. The topological polar surface area (TPSA) is 122 Å². The molecule has 29 heavy (non-hydrogen) atoms. The maximum Gasteiger partial charge on any atom is 0.280 e. The number of nitrogens with zero attached hydrogens (tertiary/aromatic N) is 3. The lowest BCUT2D eigenvalue weighted by atomic mass is 10.1. The van der Waals surface area contributed by atoms with Crippen molar-refractivity contribution >= 4 is 17.8 Å². The van der Waals surface area contributed by atoms with Gasteiger partial charge < -0.3 is 0 Å². The summed E-state index contributed by atoms with van der Waals surface area (Å²) in [5, 5.41) is 17.5. The van der Waals surface area contributed by atoms with Crippen molar-refractivity contribution in [3.05, 3.63) is 90.9 Å². The number of rotatable bonds is 5. The van der Waals surface area contributed by atoms with Crippen molar-refractivity contribution in [1.82, 2.24) is 15.2 Å². The molecule has 0 aliphatic rings. The molecule has 0 aliphatic carbocycles. The number of benzene rings is 2. The van der Waals surface area contributed by atoms with E-state index in [0.717, 1.165) is 11.1 Å². The van der Waals surface area contributed by atoms with E-state index >= 15 is 0 Å². The van der Waals surface area contributed by atoms with Crippen LogP contribution in [0, 0.1) is 30.9 Å². The van der Waals surface area contributed by atoms with E-state index in [-0.39, 0.29) is 16.8 Å². The average Bonchev–Trinajstić information content (AvgIpc) is 2.98. The summed E-state index contributed by atoms with van der Waals surface area (Å²) < 4.78 is 1.42. The van der Waals surface area contributed by atoms with E-state index in [2.05, 4.69) is 15.6 Å². The molecule has 1 heterocycles. The van der Waals surface area contributed by atoms with Gasteiger partial charge >= 0.3 is 0 Å². The highest BCUT2D eigenvalue weighted by molar-refractivity contribution is 5.95. The van der Waals surface area contributed by atoms with Gasteiger partial charge in [-0.15, -0.1) is 0 Å². The third-order valence-corrected chi connectivity index (χ3v) is 4.57. The van der Waals surface area contributed by atoms with Crippen LogP contribution in [0.3, 0.4) is 0 Å². The number of nitro benzene ring substituents is 1. The number of aromatic nitrogens is 2. The Morgan fingerprint density at radius 1 is 1.14 bits per heavy atom. The number of aryl methyl sites for hydroxylation is 3. The van der Waals surface area contributed by atoms with Crippen LogP contribution in [0.2, 0.25) is 0 Å². The summed E-state index contributed by atoms with van der Waals surface area (Å²) >= 11 is 0. The van der Waals surface area contributed by atoms with Gasteiger partial charge in [0.2, 0.25) is 0 Å². The third-order valence-electron chi connectivity index (χ3n) is 4.57. The molecule has 148 valence electrons. The average molecular weight is 393 g/mol. The molecule has 9 heteroatoms. The number of non-ortho nitro benzene ring substituents is 1. The second-order valence-electron chi connectivity index (χ2n) is 6.56. The quantitative estimate of drug-likeness (QED) is 0.393. The Morgan fingerprint density at radius 2 is 1.83 bits per heavy atom. The van der Waals surface area contributed by atoms with Gasteiger partial charge in [-0.25, -0.2) is 10.1 Å². The van der Waals surface area contributed by atoms with E-state index in [1.54, 1.807) is 6.92 Å². The molecule has 0 atom stereocenters. The highest BCUT2D eigenvalue weighted by Gasteiger charge is 2.12. The molecule has 0 saturated heterocycles. The molecular weight excluding hydrogens is 374 g/mol. The van der Waals surface area contributed by atoms with Crippen molar-refractivity contribution in [2.75, 3.05) is 0 Å². The number of nitrogens with one attached hydrogen (secondary N) is 2. The Labute approximate surface area is 165 Å². The maximum atomic E-state index is 12.7. The normalized spacial score (nSPS) is 11.0. The fraction of sp³-hybridized carbons (Fsp3) is 0.150. The number of H-pyrrole nitrogens is 1. The highest BCUT2D eigenvalue weighted by atomic mass is 16.6. The Bertz CT molecular complexity index is 1170. The Balaban J connectivity index is 1.78. The molecule has 0 bridgehead atoms. The number of carbonyl (C=O) groups excluding carboxylic acids is 1. The molecule has 0 saturated carbocycles. The van der Waals surface area contributed by atoms with Gasteiger partial charge in [-0.2, -0.15) is 5.10 Å². The van der Waals surface area contributed by atoms with Crippen LogP contribution in [-0.4, -0.2) is 26.8 Å². The molecule has 2 aromatic carbocycles. The van der Waals surface area contributed by atoms with Crippen LogP contribution in [0.1, 0.15) is 32.7 Å². The minimum atomic E-state index is -0.547. The summed E-state index contributed by atoms with van der Waals surface area (Å²) in [6, 6.07) is 10.8. The molecule has 3 rings (SSSR count). The number of hydrazone groups is 1. The largest absolute Gasteiger partial charge is 0.295 e. The zero-order chi connectivity index (χ0) is 21.1. The van der Waals surface area contributed by atoms with Gasteiger partial charge in [0.15, 0.2) is 0 Å². The van der Waals surface area contributed by atoms with Crippen LogP contribution in [0.15, 0.2) is 52.4 Å². The van der Waals surface area contributed by atoms with Crippen LogP contribution in [0.5, 0.6) is 0 Å². The van der Waals surface area contributed by atoms with Crippen molar-refractivity contribution in [2.45, 2.75) is 20.8 Å². The number of nitro groups is 1. The first-order valence-corrected chi connectivity index (χ1v) is 8.75. The second-order valence-corrected chi connectivity index (χ2v) is 6.56. The zero-order valence-electron chi connectivity index (χ0n) is 16.1. The van der Waals surface area contributed by atoms with Gasteiger partial charge in [-0.3, -0.25) is 24.8 Å². The van der Waals surface area contributed by atoms with Gasteiger partial charge in [0.1, 0.15) is 0 Å². The van der Waals surface area contributed by atoms with E-state index in [9.17, 15) is 19.7 Å². The maximum absolute atomic E-state index is 12.7. The van der Waals surface area contributed by atoms with Gasteiger partial charge in [0.25, 0.3) is 17.2 Å². The van der Waals surface area contributed by atoms with E-state index in [4.69, 9.17) is 0 Å². The monoisotopic (exact) mass is 393 g/mol. The lowest BCUT2D eigenvalue weighted by Crippen LogP contribution is -2.20. The fourth-order valence-corrected chi connectivity index (χ4v) is 2.71. The first-order chi connectivity index (χ1) is 13.8. The van der Waals surface area contributed by atoms with E-state index in [1.165, 1.54) is 35.2 Å². The zero-order valence-corrected chi connectivity index (χ0v) is 16.1. The van der Waals surface area contributed by atoms with Crippen molar-refractivity contribution in [3.8, 4) is 5.69 Å². The fourth-order valence-electron chi connectivity index (χ4n) is 2.71. The van der Waals surface area contributed by atoms with Crippen molar-refractivity contribution in [2.24, 2.45) is 5.10 Å². The summed E-state index contributed by atoms with van der Waals surface area (Å²) in [6.07, 6.45) is 1.27. The second kappa shape index (κ2) is 7.93. The first-order valence-electron chi connectivity index (χ1n) is 8.75. The first kappa shape index (κ1) is 19.7. The number of aromatic amines is 1. The van der Waals surface area contributed by atoms with Crippen molar-refractivity contribution in [1.29, 1.82) is 0 Å². The standard InChI is InChI=1S/C20H19N5O4/c1-12-4-7-17(10-13(12)2)24-20(27)18(14(3)23-24)11-21-22-19(26)15-5-8-16(9-6-15)25(28)29/h4-11,23H,1-3H3,(H,22,26)/b21-11+. The summed E-state index contributed by atoms with van der Waals surface area (Å²) in [6.45, 7) is 5.70. The lowest BCUT2D eigenvalue weighted by Gasteiger charge is -2.05. The van der Waals surface area contributed by atoms with E-state index in [0.29, 0.717) is 16.9 Å². The smallest absolute Gasteiger partial charge is 0.280 e. The molecule has 2 N–H and O–H groups in total. The Morgan fingerprint density at radius 3 is 2.45 bits per heavy atom. The van der Waals surface area contributed by atoms with Crippen LogP contribution >= 0.6 is 0 Å². The number of amides is 1. The highest BCUT2D eigenvalue weighted by Crippen LogP contribution is 2.13. The molecule has 0 aliphatic heterocycles. The number of hydrogen-bond donors (Lipinski definition) is 2. The molecule has 1 amide bonds. The molecule has 0 unspecified atom stereocenters. The van der Waals surface area contributed by atoms with Crippen molar-refractivity contribution in [3.63, 3.8) is 0 Å². The Kier molecular flexibility index (Phi) is 5.40. The molecule has 0 radical (unpaired) electrons.